The number of hydrogen-bond donors (Lipinski definition) is 5. The molecule has 2 aliphatic heterocycles. The Bertz CT molecular complexity index is 1390. The van der Waals surface area contributed by atoms with Crippen molar-refractivity contribution in [2.75, 3.05) is 31.8 Å². The van der Waals surface area contributed by atoms with Gasteiger partial charge in [-0.05, 0) is 24.6 Å². The van der Waals surface area contributed by atoms with Crippen LogP contribution in [0.3, 0.4) is 0 Å². The van der Waals surface area contributed by atoms with Crippen LogP contribution in [0.4, 0.5) is 16.2 Å². The Balaban J connectivity index is 1.52. The number of nitrogen functional groups attached to an aromatic ring is 2. The van der Waals surface area contributed by atoms with Gasteiger partial charge in [0.2, 0.25) is 5.95 Å². The maximum atomic E-state index is 14.4. The fourth-order valence-electron chi connectivity index (χ4n) is 4.56. The highest BCUT2D eigenvalue weighted by atomic mass is 19.1. The molecule has 5 rings (SSSR count). The first-order valence-electron chi connectivity index (χ1n) is 11.8. The van der Waals surface area contributed by atoms with Crippen LogP contribution >= 0.6 is 0 Å². The third kappa shape index (κ3) is 4.88. The van der Waals surface area contributed by atoms with Crippen LogP contribution in [0.1, 0.15) is 28.6 Å². The molecule has 0 spiro atoms. The standard InChI is InChI=1S/C24H27FN8O5/c1-10-19-15(32-24(27)29-10)6-14(30-22(19)33-38-9-18-20(35)17(34)8-37-18)12-4-3-11(25)5-13(12)16-7-28-21(26)23(31-16)36-2/h3-5,7,14,17-18,20,34-35H,6,8-9H2,1-2H3,(H2,26,28)(H,30,33)(H2,27,29,32)/t14-,17?,18?,20?/m1/s1. The second kappa shape index (κ2) is 10.3. The Kier molecular flexibility index (Phi) is 6.93. The van der Waals surface area contributed by atoms with Crippen molar-refractivity contribution < 1.29 is 28.9 Å². The molecule has 0 aliphatic carbocycles. The Morgan fingerprint density at radius 1 is 1.24 bits per heavy atom. The summed E-state index contributed by atoms with van der Waals surface area (Å²) in [5.41, 5.74) is 15.1. The minimum Gasteiger partial charge on any atom is -0.478 e. The van der Waals surface area contributed by atoms with Crippen molar-refractivity contribution in [2.24, 2.45) is 5.16 Å². The summed E-state index contributed by atoms with van der Waals surface area (Å²) in [6.45, 7) is 1.68. The Labute approximate surface area is 216 Å². The first-order valence-corrected chi connectivity index (χ1v) is 11.8. The monoisotopic (exact) mass is 526 g/mol. The summed E-state index contributed by atoms with van der Waals surface area (Å²) in [5, 5.41) is 27.3. The molecule has 4 atom stereocenters. The molecule has 2 aromatic heterocycles. The number of aryl methyl sites for hydroxylation is 1. The molecule has 3 aromatic rings. The van der Waals surface area contributed by atoms with Crippen LogP contribution in [-0.4, -0.2) is 74.6 Å². The number of amidine groups is 1. The van der Waals surface area contributed by atoms with Gasteiger partial charge in [0, 0.05) is 12.0 Å². The molecule has 3 unspecified atom stereocenters. The van der Waals surface area contributed by atoms with Crippen molar-refractivity contribution in [1.82, 2.24) is 25.3 Å². The molecule has 0 amide bonds. The molecule has 7 N–H and O–H groups in total. The van der Waals surface area contributed by atoms with Crippen molar-refractivity contribution in [2.45, 2.75) is 37.7 Å². The number of rotatable bonds is 6. The van der Waals surface area contributed by atoms with Gasteiger partial charge in [-0.15, -0.1) is 0 Å². The molecular formula is C24H27FN8O5. The largest absolute Gasteiger partial charge is 0.478 e. The van der Waals surface area contributed by atoms with E-state index in [0.29, 0.717) is 46.0 Å². The lowest BCUT2D eigenvalue weighted by atomic mass is 9.90. The third-order valence-electron chi connectivity index (χ3n) is 6.41. The van der Waals surface area contributed by atoms with Gasteiger partial charge < -0.3 is 41.3 Å². The van der Waals surface area contributed by atoms with E-state index >= 15 is 0 Å². The number of fused-ring (bicyclic) bond motifs is 1. The number of anilines is 2. The quantitative estimate of drug-likeness (QED) is 0.275. The first-order chi connectivity index (χ1) is 18.2. The van der Waals surface area contributed by atoms with Crippen molar-refractivity contribution in [3.63, 3.8) is 0 Å². The molecule has 38 heavy (non-hydrogen) atoms. The summed E-state index contributed by atoms with van der Waals surface area (Å²) >= 11 is 0. The first kappa shape index (κ1) is 25.5. The maximum Gasteiger partial charge on any atom is 0.257 e. The second-order valence-electron chi connectivity index (χ2n) is 8.94. The summed E-state index contributed by atoms with van der Waals surface area (Å²) in [5.74, 6) is 0.185. The number of oxime groups is 1. The number of nitrogens with two attached hydrogens (primary N) is 2. The molecular weight excluding hydrogens is 499 g/mol. The number of ether oxygens (including phenoxy) is 2. The van der Waals surface area contributed by atoms with E-state index in [2.05, 4.69) is 30.4 Å². The second-order valence-corrected chi connectivity index (χ2v) is 8.94. The average Bonchev–Trinajstić information content (AvgIpc) is 3.20. The zero-order valence-corrected chi connectivity index (χ0v) is 20.6. The predicted molar refractivity (Wildman–Crippen MR) is 133 cm³/mol. The number of methoxy groups -OCH3 is 1. The topological polar surface area (TPSA) is 196 Å². The number of aliphatic hydroxyl groups is 2. The van der Waals surface area contributed by atoms with Gasteiger partial charge in [0.1, 0.15) is 30.7 Å². The molecule has 2 aliphatic rings. The van der Waals surface area contributed by atoms with Crippen LogP contribution in [0, 0.1) is 12.7 Å². The van der Waals surface area contributed by atoms with Gasteiger partial charge in [-0.1, -0.05) is 11.2 Å². The van der Waals surface area contributed by atoms with Gasteiger partial charge in [-0.25, -0.2) is 24.3 Å². The SMILES string of the molecule is COc1nc(-c2cc(F)ccc2[C@H]2Cc3nc(N)nc(C)c3/C(=N/OCC3OCC(O)C3O)N2)cnc1N. The fraction of sp³-hybridized carbons (Fsp3) is 0.375. The molecule has 1 aromatic carbocycles. The lowest BCUT2D eigenvalue weighted by molar-refractivity contribution is -0.0292. The lowest BCUT2D eigenvalue weighted by Gasteiger charge is -2.29. The molecule has 1 fully saturated rings. The zero-order valence-electron chi connectivity index (χ0n) is 20.6. The normalized spacial score (nSPS) is 23.7. The predicted octanol–water partition coefficient (Wildman–Crippen LogP) is 0.240. The van der Waals surface area contributed by atoms with Crippen LogP contribution in [-0.2, 0) is 16.0 Å². The number of hydrogen-bond acceptors (Lipinski definition) is 12. The highest BCUT2D eigenvalue weighted by molar-refractivity contribution is 6.01. The zero-order chi connectivity index (χ0) is 27.0. The van der Waals surface area contributed by atoms with Crippen LogP contribution in [0.5, 0.6) is 5.88 Å². The van der Waals surface area contributed by atoms with Crippen molar-refractivity contribution >= 4 is 17.6 Å². The number of nitrogens with zero attached hydrogens (tertiary/aromatic N) is 5. The molecule has 0 bridgehead atoms. The molecule has 13 nitrogen and oxygen atoms in total. The fourth-order valence-corrected chi connectivity index (χ4v) is 4.56. The van der Waals surface area contributed by atoms with Gasteiger partial charge in [-0.3, -0.25) is 0 Å². The molecule has 0 saturated carbocycles. The van der Waals surface area contributed by atoms with Crippen LogP contribution < -0.4 is 21.5 Å². The third-order valence-corrected chi connectivity index (χ3v) is 6.41. The Hall–Kier alpha value is -4.14. The van der Waals surface area contributed by atoms with Gasteiger partial charge in [0.25, 0.3) is 5.88 Å². The smallest absolute Gasteiger partial charge is 0.257 e. The highest BCUT2D eigenvalue weighted by Crippen LogP contribution is 2.34. The van der Waals surface area contributed by atoms with E-state index in [4.69, 9.17) is 25.8 Å². The van der Waals surface area contributed by atoms with Crippen molar-refractivity contribution in [3.8, 4) is 17.1 Å². The van der Waals surface area contributed by atoms with E-state index in [0.717, 1.165) is 0 Å². The van der Waals surface area contributed by atoms with Gasteiger partial charge in [-0.2, -0.15) is 0 Å². The Morgan fingerprint density at radius 2 is 2.05 bits per heavy atom. The summed E-state index contributed by atoms with van der Waals surface area (Å²) in [6.07, 6.45) is -0.994. The summed E-state index contributed by atoms with van der Waals surface area (Å²) in [7, 11) is 1.42. The molecule has 200 valence electrons. The molecule has 0 radical (unpaired) electrons. The minimum atomic E-state index is -1.08. The summed E-state index contributed by atoms with van der Waals surface area (Å²) in [4.78, 5) is 22.7. The van der Waals surface area contributed by atoms with E-state index in [9.17, 15) is 14.6 Å². The van der Waals surface area contributed by atoms with Gasteiger partial charge in [0.05, 0.1) is 48.6 Å². The minimum absolute atomic E-state index is 0.00725. The van der Waals surface area contributed by atoms with E-state index < -0.39 is 30.2 Å². The van der Waals surface area contributed by atoms with E-state index in [-0.39, 0.29) is 30.9 Å². The van der Waals surface area contributed by atoms with Gasteiger partial charge in [0.15, 0.2) is 11.7 Å². The van der Waals surface area contributed by atoms with E-state index in [1.807, 2.05) is 0 Å². The van der Waals surface area contributed by atoms with Crippen LogP contribution in [0.15, 0.2) is 29.6 Å². The number of halogens is 1. The van der Waals surface area contributed by atoms with Crippen LogP contribution in [0.25, 0.3) is 11.3 Å². The van der Waals surface area contributed by atoms with Gasteiger partial charge >= 0.3 is 0 Å². The lowest BCUT2D eigenvalue weighted by Crippen LogP contribution is -2.38. The number of aromatic nitrogens is 4. The van der Waals surface area contributed by atoms with E-state index in [1.165, 1.54) is 25.4 Å². The summed E-state index contributed by atoms with van der Waals surface area (Å²) < 4.78 is 24.9. The van der Waals surface area contributed by atoms with Crippen LogP contribution in [0.2, 0.25) is 0 Å². The number of nitrogens with one attached hydrogen (secondary N) is 1. The number of aliphatic hydroxyl groups excluding tert-OH is 2. The molecule has 14 heteroatoms. The van der Waals surface area contributed by atoms with Crippen molar-refractivity contribution in [1.29, 1.82) is 0 Å². The molecule has 1 saturated heterocycles. The highest BCUT2D eigenvalue weighted by Gasteiger charge is 2.35. The average molecular weight is 527 g/mol. The van der Waals surface area contributed by atoms with E-state index in [1.54, 1.807) is 13.0 Å². The maximum absolute atomic E-state index is 14.4. The Morgan fingerprint density at radius 3 is 2.79 bits per heavy atom. The summed E-state index contributed by atoms with van der Waals surface area (Å²) in [6, 6.07) is 3.88. The molecule has 4 heterocycles. The van der Waals surface area contributed by atoms with Crippen molar-refractivity contribution in [3.05, 3.63) is 52.7 Å². The number of benzene rings is 1.